The van der Waals surface area contributed by atoms with Gasteiger partial charge in [-0.25, -0.2) is 4.68 Å². The van der Waals surface area contributed by atoms with Gasteiger partial charge in [-0.2, -0.15) is 5.10 Å². The fraction of sp³-hybridized carbons (Fsp3) is 0.267. The first kappa shape index (κ1) is 14.9. The van der Waals surface area contributed by atoms with Gasteiger partial charge in [-0.15, -0.1) is 0 Å². The average molecular weight is 287 g/mol. The Morgan fingerprint density at radius 1 is 1.38 bits per heavy atom. The summed E-state index contributed by atoms with van der Waals surface area (Å²) in [5, 5.41) is 15.6. The second-order valence-corrected chi connectivity index (χ2v) is 4.80. The van der Waals surface area contributed by atoms with Crippen molar-refractivity contribution in [3.8, 4) is 5.69 Å². The van der Waals surface area contributed by atoms with Crippen molar-refractivity contribution in [3.05, 3.63) is 58.0 Å². The Morgan fingerprint density at radius 2 is 2.05 bits per heavy atom. The zero-order chi connectivity index (χ0) is 15.4. The molecule has 0 aliphatic rings. The minimum atomic E-state index is -0.591. The van der Waals surface area contributed by atoms with Gasteiger partial charge in [0.2, 0.25) is 5.43 Å². The number of nitrogens with zero attached hydrogens (tertiary/aromatic N) is 2. The molecule has 0 saturated heterocycles. The molecule has 1 atom stereocenters. The third-order valence-electron chi connectivity index (χ3n) is 2.97. The summed E-state index contributed by atoms with van der Waals surface area (Å²) in [4.78, 5) is 24.0. The Kier molecular flexibility index (Phi) is 4.49. The molecule has 0 radical (unpaired) electrons. The van der Waals surface area contributed by atoms with Crippen molar-refractivity contribution in [2.45, 2.75) is 19.9 Å². The van der Waals surface area contributed by atoms with Crippen LogP contribution < -0.4 is 10.7 Å². The molecule has 6 nitrogen and oxygen atoms in total. The van der Waals surface area contributed by atoms with Crippen LogP contribution in [0.1, 0.15) is 23.1 Å². The van der Waals surface area contributed by atoms with E-state index >= 15 is 0 Å². The number of rotatable bonds is 4. The zero-order valence-electron chi connectivity index (χ0n) is 11.9. The highest BCUT2D eigenvalue weighted by atomic mass is 16.3. The van der Waals surface area contributed by atoms with Crippen molar-refractivity contribution in [2.75, 3.05) is 6.61 Å². The van der Waals surface area contributed by atoms with Crippen LogP contribution in [0.5, 0.6) is 0 Å². The van der Waals surface area contributed by atoms with Crippen LogP contribution in [0.4, 0.5) is 0 Å². The van der Waals surface area contributed by atoms with Crippen molar-refractivity contribution >= 4 is 5.91 Å². The summed E-state index contributed by atoms with van der Waals surface area (Å²) in [7, 11) is 0. The van der Waals surface area contributed by atoms with Gasteiger partial charge in [-0.1, -0.05) is 18.2 Å². The summed E-state index contributed by atoms with van der Waals surface area (Å²) >= 11 is 0. The third kappa shape index (κ3) is 3.35. The SMILES string of the molecule is Cc1cc(=O)c(C(=O)NC(C)CO)nn1-c1ccccc1. The number of benzene rings is 1. The van der Waals surface area contributed by atoms with E-state index in [2.05, 4.69) is 10.4 Å². The fourth-order valence-electron chi connectivity index (χ4n) is 1.87. The lowest BCUT2D eigenvalue weighted by Crippen LogP contribution is -2.38. The van der Waals surface area contributed by atoms with E-state index in [0.717, 1.165) is 5.69 Å². The Hall–Kier alpha value is -2.47. The van der Waals surface area contributed by atoms with E-state index in [1.165, 1.54) is 6.07 Å². The maximum atomic E-state index is 12.0. The number of hydrogen-bond acceptors (Lipinski definition) is 4. The highest BCUT2D eigenvalue weighted by Crippen LogP contribution is 2.07. The summed E-state index contributed by atoms with van der Waals surface area (Å²) in [6, 6.07) is 10.2. The maximum absolute atomic E-state index is 12.0. The Labute approximate surface area is 122 Å². The number of aliphatic hydroxyl groups excluding tert-OH is 1. The van der Waals surface area contributed by atoms with E-state index in [1.807, 2.05) is 30.3 Å². The molecule has 2 rings (SSSR count). The van der Waals surface area contributed by atoms with Gasteiger partial charge in [0.05, 0.1) is 12.3 Å². The molecule has 2 N–H and O–H groups in total. The molecular weight excluding hydrogens is 270 g/mol. The molecule has 1 amide bonds. The molecule has 2 aromatic rings. The lowest BCUT2D eigenvalue weighted by molar-refractivity contribution is 0.0914. The van der Waals surface area contributed by atoms with Crippen LogP contribution in [0.2, 0.25) is 0 Å². The number of aliphatic hydroxyl groups is 1. The lowest BCUT2D eigenvalue weighted by atomic mass is 10.2. The molecule has 6 heteroatoms. The first-order valence-electron chi connectivity index (χ1n) is 6.61. The molecule has 21 heavy (non-hydrogen) atoms. The zero-order valence-corrected chi connectivity index (χ0v) is 11.9. The molecule has 1 heterocycles. The lowest BCUT2D eigenvalue weighted by Gasteiger charge is -2.13. The molecule has 110 valence electrons. The summed E-state index contributed by atoms with van der Waals surface area (Å²) in [5.41, 5.74) is 0.768. The van der Waals surface area contributed by atoms with Crippen LogP contribution in [0.25, 0.3) is 5.69 Å². The number of nitrogens with one attached hydrogen (secondary N) is 1. The summed E-state index contributed by atoms with van der Waals surface area (Å²) in [5.74, 6) is -0.591. The van der Waals surface area contributed by atoms with Gasteiger partial charge in [0, 0.05) is 17.8 Å². The van der Waals surface area contributed by atoms with E-state index in [0.29, 0.717) is 5.69 Å². The normalized spacial score (nSPS) is 12.0. The molecule has 0 aliphatic heterocycles. The van der Waals surface area contributed by atoms with Gasteiger partial charge in [-0.3, -0.25) is 9.59 Å². The Balaban J connectivity index is 2.44. The van der Waals surface area contributed by atoms with E-state index in [-0.39, 0.29) is 12.3 Å². The van der Waals surface area contributed by atoms with E-state index in [1.54, 1.807) is 18.5 Å². The largest absolute Gasteiger partial charge is 0.394 e. The molecule has 1 aromatic heterocycles. The number of aryl methyl sites for hydroxylation is 1. The third-order valence-corrected chi connectivity index (χ3v) is 2.97. The highest BCUT2D eigenvalue weighted by molar-refractivity contribution is 5.92. The van der Waals surface area contributed by atoms with Crippen LogP contribution >= 0.6 is 0 Å². The summed E-state index contributed by atoms with van der Waals surface area (Å²) in [6.45, 7) is 3.19. The van der Waals surface area contributed by atoms with Gasteiger partial charge in [0.15, 0.2) is 5.69 Å². The van der Waals surface area contributed by atoms with E-state index in [4.69, 9.17) is 5.11 Å². The molecule has 0 aliphatic carbocycles. The topological polar surface area (TPSA) is 84.2 Å². The van der Waals surface area contributed by atoms with Crippen molar-refractivity contribution < 1.29 is 9.90 Å². The van der Waals surface area contributed by atoms with Crippen molar-refractivity contribution in [1.82, 2.24) is 15.1 Å². The van der Waals surface area contributed by atoms with Crippen molar-refractivity contribution in [2.24, 2.45) is 0 Å². The molecule has 0 fully saturated rings. The van der Waals surface area contributed by atoms with Crippen LogP contribution in [0.3, 0.4) is 0 Å². The van der Waals surface area contributed by atoms with Gasteiger partial charge >= 0.3 is 0 Å². The number of para-hydroxylation sites is 1. The smallest absolute Gasteiger partial charge is 0.276 e. The average Bonchev–Trinajstić information content (AvgIpc) is 2.47. The fourth-order valence-corrected chi connectivity index (χ4v) is 1.87. The first-order valence-corrected chi connectivity index (χ1v) is 6.61. The molecule has 0 saturated carbocycles. The van der Waals surface area contributed by atoms with Gasteiger partial charge in [0.25, 0.3) is 5.91 Å². The molecule has 0 bridgehead atoms. The molecule has 1 aromatic carbocycles. The van der Waals surface area contributed by atoms with Crippen molar-refractivity contribution in [1.29, 1.82) is 0 Å². The molecular formula is C15H17N3O3. The quantitative estimate of drug-likeness (QED) is 0.865. The number of hydrogen-bond donors (Lipinski definition) is 2. The predicted molar refractivity (Wildman–Crippen MR) is 78.6 cm³/mol. The number of amides is 1. The monoisotopic (exact) mass is 287 g/mol. The number of carbonyl (C=O) groups is 1. The van der Waals surface area contributed by atoms with Crippen LogP contribution in [-0.4, -0.2) is 33.4 Å². The number of carbonyl (C=O) groups excluding carboxylic acids is 1. The molecule has 0 spiro atoms. The number of aromatic nitrogens is 2. The van der Waals surface area contributed by atoms with Crippen molar-refractivity contribution in [3.63, 3.8) is 0 Å². The van der Waals surface area contributed by atoms with Crippen LogP contribution in [0, 0.1) is 6.92 Å². The van der Waals surface area contributed by atoms with Crippen LogP contribution in [-0.2, 0) is 0 Å². The second-order valence-electron chi connectivity index (χ2n) is 4.80. The molecule has 1 unspecified atom stereocenters. The Morgan fingerprint density at radius 3 is 2.67 bits per heavy atom. The maximum Gasteiger partial charge on any atom is 0.276 e. The predicted octanol–water partition coefficient (Wildman–Crippen LogP) is 0.652. The Bertz CT molecular complexity index is 695. The van der Waals surface area contributed by atoms with E-state index < -0.39 is 17.4 Å². The van der Waals surface area contributed by atoms with Crippen LogP contribution in [0.15, 0.2) is 41.2 Å². The van der Waals surface area contributed by atoms with Gasteiger partial charge < -0.3 is 10.4 Å². The first-order chi connectivity index (χ1) is 10.0. The van der Waals surface area contributed by atoms with E-state index in [9.17, 15) is 9.59 Å². The second kappa shape index (κ2) is 6.32. The summed E-state index contributed by atoms with van der Waals surface area (Å²) in [6.07, 6.45) is 0. The van der Waals surface area contributed by atoms with Gasteiger partial charge in [0.1, 0.15) is 0 Å². The minimum Gasteiger partial charge on any atom is -0.394 e. The minimum absolute atomic E-state index is 0.190. The highest BCUT2D eigenvalue weighted by Gasteiger charge is 2.16. The standard InChI is InChI=1S/C15H17N3O3/c1-10(9-19)16-15(21)14-13(20)8-11(2)18(17-14)12-6-4-3-5-7-12/h3-8,10,19H,9H2,1-2H3,(H,16,21). The van der Waals surface area contributed by atoms with Gasteiger partial charge in [-0.05, 0) is 26.0 Å². The summed E-state index contributed by atoms with van der Waals surface area (Å²) < 4.78 is 1.54.